The number of fused-ring (bicyclic) bond motifs is 1. The molecular weight excluding hydrogens is 416 g/mol. The van der Waals surface area contributed by atoms with Crippen LogP contribution in [0.2, 0.25) is 0 Å². The number of aryl methyl sites for hydroxylation is 2. The minimum absolute atomic E-state index is 0.0961. The molecule has 1 aromatic carbocycles. The summed E-state index contributed by atoms with van der Waals surface area (Å²) in [4.78, 5) is 24.9. The number of aromatic amines is 1. The van der Waals surface area contributed by atoms with Crippen LogP contribution in [0.5, 0.6) is 0 Å². The highest BCUT2D eigenvalue weighted by Crippen LogP contribution is 2.41. The van der Waals surface area contributed by atoms with E-state index < -0.39 is 5.56 Å². The van der Waals surface area contributed by atoms with Gasteiger partial charge in [0, 0.05) is 11.6 Å². The van der Waals surface area contributed by atoms with E-state index in [4.69, 9.17) is 4.42 Å². The number of carbonyl (C=O) groups is 1. The predicted octanol–water partition coefficient (Wildman–Crippen LogP) is 3.32. The number of rotatable bonds is 6. The summed E-state index contributed by atoms with van der Waals surface area (Å²) in [6.07, 6.45) is 2.20. The second kappa shape index (κ2) is 7.69. The van der Waals surface area contributed by atoms with Gasteiger partial charge in [-0.15, -0.1) is 10.2 Å². The third-order valence-electron chi connectivity index (χ3n) is 5.20. The van der Waals surface area contributed by atoms with Gasteiger partial charge in [-0.3, -0.25) is 19.5 Å². The van der Waals surface area contributed by atoms with Crippen LogP contribution in [0.4, 0.5) is 5.88 Å². The molecule has 0 unspecified atom stereocenters. The maximum Gasteiger partial charge on any atom is 0.277 e. The maximum absolute atomic E-state index is 12.7. The number of aromatic nitrogens is 5. The number of H-pyrrole nitrogens is 1. The van der Waals surface area contributed by atoms with Crippen molar-refractivity contribution in [1.82, 2.24) is 25.0 Å². The molecule has 0 aliphatic heterocycles. The molecule has 0 bridgehead atoms. The van der Waals surface area contributed by atoms with Crippen molar-refractivity contribution < 1.29 is 9.21 Å². The molecular formula is C21H20N6O3S. The zero-order chi connectivity index (χ0) is 21.5. The van der Waals surface area contributed by atoms with Crippen LogP contribution in [0.3, 0.4) is 0 Å². The summed E-state index contributed by atoms with van der Waals surface area (Å²) in [6.45, 7) is 3.51. The average Bonchev–Trinajstić information content (AvgIpc) is 3.43. The summed E-state index contributed by atoms with van der Waals surface area (Å²) in [5.74, 6) is 1.80. The van der Waals surface area contributed by atoms with Gasteiger partial charge in [0.1, 0.15) is 17.0 Å². The van der Waals surface area contributed by atoms with Crippen molar-refractivity contribution in [1.29, 1.82) is 0 Å². The Labute approximate surface area is 181 Å². The van der Waals surface area contributed by atoms with Crippen LogP contribution in [0.25, 0.3) is 16.5 Å². The zero-order valence-electron chi connectivity index (χ0n) is 17.0. The topological polar surface area (TPSA) is 119 Å². The quantitative estimate of drug-likeness (QED) is 0.445. The lowest BCUT2D eigenvalue weighted by Gasteiger charge is -2.09. The molecule has 0 radical (unpaired) electrons. The van der Waals surface area contributed by atoms with Crippen LogP contribution in [0, 0.1) is 13.8 Å². The Morgan fingerprint density at radius 3 is 2.74 bits per heavy atom. The van der Waals surface area contributed by atoms with Crippen molar-refractivity contribution in [2.75, 3.05) is 11.1 Å². The third kappa shape index (κ3) is 3.63. The lowest BCUT2D eigenvalue weighted by atomic mass is 10.2. The first-order valence-corrected chi connectivity index (χ1v) is 10.9. The number of hydrogen-bond acceptors (Lipinski definition) is 7. The molecule has 5 rings (SSSR count). The van der Waals surface area contributed by atoms with E-state index in [1.807, 2.05) is 34.9 Å². The highest BCUT2D eigenvalue weighted by Gasteiger charge is 2.31. The Kier molecular flexibility index (Phi) is 4.85. The molecule has 1 saturated carbocycles. The number of furan rings is 1. The van der Waals surface area contributed by atoms with Crippen molar-refractivity contribution in [3.05, 3.63) is 58.0 Å². The van der Waals surface area contributed by atoms with E-state index in [1.165, 1.54) is 11.8 Å². The second-order valence-electron chi connectivity index (χ2n) is 7.50. The Balaban J connectivity index is 1.37. The number of para-hydroxylation sites is 1. The van der Waals surface area contributed by atoms with Gasteiger partial charge >= 0.3 is 0 Å². The molecule has 1 aliphatic rings. The minimum Gasteiger partial charge on any atom is -0.444 e. The number of thioether (sulfide) groups is 1. The van der Waals surface area contributed by atoms with Crippen LogP contribution >= 0.6 is 11.8 Å². The van der Waals surface area contributed by atoms with Gasteiger partial charge in [-0.2, -0.15) is 5.10 Å². The number of carbonyl (C=O) groups excluding carboxylic acids is 1. The van der Waals surface area contributed by atoms with Crippen LogP contribution in [0.1, 0.15) is 36.0 Å². The van der Waals surface area contributed by atoms with E-state index in [1.54, 1.807) is 13.8 Å². The standard InChI is InChI=1S/C21H20N6O3S/c1-11-16-12(2)30-20(17(16)19(29)25-23-11)22-15(28)10-31-21-26-24-18(13-8-9-13)27(21)14-6-4-3-5-7-14/h3-7,13H,8-10H2,1-2H3,(H,22,28)(H,25,29). The molecule has 0 spiro atoms. The van der Waals surface area contributed by atoms with E-state index >= 15 is 0 Å². The SMILES string of the molecule is Cc1n[nH]c(=O)c2c(NC(=O)CSc3nnc(C4CC4)n3-c3ccccc3)oc(C)c12. The molecule has 9 nitrogen and oxygen atoms in total. The molecule has 1 fully saturated rings. The van der Waals surface area contributed by atoms with Crippen LogP contribution in [-0.4, -0.2) is 36.6 Å². The monoisotopic (exact) mass is 436 g/mol. The third-order valence-corrected chi connectivity index (χ3v) is 6.13. The Morgan fingerprint density at radius 1 is 1.23 bits per heavy atom. The molecule has 2 N–H and O–H groups in total. The van der Waals surface area contributed by atoms with E-state index in [0.29, 0.717) is 33.3 Å². The summed E-state index contributed by atoms with van der Waals surface area (Å²) in [6, 6.07) is 9.89. The number of benzene rings is 1. The van der Waals surface area contributed by atoms with Crippen molar-refractivity contribution in [3.63, 3.8) is 0 Å². The fourth-order valence-electron chi connectivity index (χ4n) is 3.62. The molecule has 1 amide bonds. The number of nitrogens with one attached hydrogen (secondary N) is 2. The molecule has 0 atom stereocenters. The number of anilines is 1. The first-order chi connectivity index (χ1) is 15.0. The molecule has 1 aliphatic carbocycles. The van der Waals surface area contributed by atoms with Gasteiger partial charge < -0.3 is 4.42 Å². The molecule has 10 heteroatoms. The second-order valence-corrected chi connectivity index (χ2v) is 8.44. The van der Waals surface area contributed by atoms with E-state index in [0.717, 1.165) is 24.4 Å². The summed E-state index contributed by atoms with van der Waals surface area (Å²) < 4.78 is 7.67. The summed E-state index contributed by atoms with van der Waals surface area (Å²) in [7, 11) is 0. The minimum atomic E-state index is -0.404. The average molecular weight is 436 g/mol. The zero-order valence-corrected chi connectivity index (χ0v) is 17.8. The largest absolute Gasteiger partial charge is 0.444 e. The first-order valence-electron chi connectivity index (χ1n) is 9.94. The fourth-order valence-corrected chi connectivity index (χ4v) is 4.38. The fraction of sp³-hybridized carbons (Fsp3) is 0.286. The molecule has 31 heavy (non-hydrogen) atoms. The van der Waals surface area contributed by atoms with E-state index in [9.17, 15) is 9.59 Å². The van der Waals surface area contributed by atoms with Gasteiger partial charge in [0.2, 0.25) is 11.8 Å². The van der Waals surface area contributed by atoms with Gasteiger partial charge in [-0.25, -0.2) is 5.10 Å². The normalized spacial score (nSPS) is 13.6. The lowest BCUT2D eigenvalue weighted by molar-refractivity contribution is -0.113. The molecule has 3 heterocycles. The van der Waals surface area contributed by atoms with Gasteiger partial charge in [0.25, 0.3) is 5.56 Å². The highest BCUT2D eigenvalue weighted by molar-refractivity contribution is 7.99. The van der Waals surface area contributed by atoms with Crippen molar-refractivity contribution in [2.24, 2.45) is 0 Å². The van der Waals surface area contributed by atoms with Gasteiger partial charge in [-0.05, 0) is 38.8 Å². The van der Waals surface area contributed by atoms with Gasteiger partial charge in [0.05, 0.1) is 16.8 Å². The maximum atomic E-state index is 12.7. The van der Waals surface area contributed by atoms with Crippen molar-refractivity contribution >= 4 is 34.3 Å². The van der Waals surface area contributed by atoms with Crippen molar-refractivity contribution in [3.8, 4) is 5.69 Å². The Bertz CT molecular complexity index is 1340. The number of amides is 1. The molecule has 0 saturated heterocycles. The summed E-state index contributed by atoms with van der Waals surface area (Å²) >= 11 is 1.29. The van der Waals surface area contributed by atoms with E-state index in [2.05, 4.69) is 25.7 Å². The highest BCUT2D eigenvalue weighted by atomic mass is 32.2. The van der Waals surface area contributed by atoms with Crippen molar-refractivity contribution in [2.45, 2.75) is 37.8 Å². The summed E-state index contributed by atoms with van der Waals surface area (Å²) in [5, 5.41) is 19.4. The lowest BCUT2D eigenvalue weighted by Crippen LogP contribution is -2.17. The number of nitrogens with zero attached hydrogens (tertiary/aromatic N) is 4. The predicted molar refractivity (Wildman–Crippen MR) is 117 cm³/mol. The Morgan fingerprint density at radius 2 is 2.00 bits per heavy atom. The molecule has 3 aromatic heterocycles. The molecule has 4 aromatic rings. The van der Waals surface area contributed by atoms with E-state index in [-0.39, 0.29) is 17.5 Å². The van der Waals surface area contributed by atoms with Crippen LogP contribution in [0.15, 0.2) is 44.7 Å². The Hall–Kier alpha value is -3.40. The van der Waals surface area contributed by atoms with Crippen LogP contribution < -0.4 is 10.9 Å². The van der Waals surface area contributed by atoms with Crippen LogP contribution in [-0.2, 0) is 4.79 Å². The smallest absolute Gasteiger partial charge is 0.277 e. The molecule has 158 valence electrons. The first kappa shape index (κ1) is 19.6. The van der Waals surface area contributed by atoms with Gasteiger partial charge in [0.15, 0.2) is 5.16 Å². The van der Waals surface area contributed by atoms with Gasteiger partial charge in [-0.1, -0.05) is 30.0 Å². The number of hydrogen-bond donors (Lipinski definition) is 2. The summed E-state index contributed by atoms with van der Waals surface area (Å²) in [5.41, 5.74) is 1.20.